The number of hydrogen-bond donors (Lipinski definition) is 1. The lowest BCUT2D eigenvalue weighted by molar-refractivity contribution is 0.990. The average molecular weight is 314 g/mol. The molecule has 0 saturated heterocycles. The second-order valence-corrected chi connectivity index (χ2v) is 5.77. The van der Waals surface area contributed by atoms with Crippen molar-refractivity contribution in [3.05, 3.63) is 57.8 Å². The molecule has 0 spiro atoms. The Morgan fingerprint density at radius 3 is 3.00 bits per heavy atom. The third kappa shape index (κ3) is 1.57. The highest BCUT2D eigenvalue weighted by atomic mass is 79.9. The number of fused-ring (bicyclic) bond motifs is 5. The second-order valence-electron chi connectivity index (χ2n) is 4.86. The predicted octanol–water partition coefficient (Wildman–Crippen LogP) is 3.13. The zero-order valence-corrected chi connectivity index (χ0v) is 11.8. The molecule has 0 radical (unpaired) electrons. The highest BCUT2D eigenvalue weighted by molar-refractivity contribution is 9.10. The first-order chi connectivity index (χ1) is 9.26. The quantitative estimate of drug-likeness (QED) is 0.586. The van der Waals surface area contributed by atoms with Gasteiger partial charge in [0.2, 0.25) is 0 Å². The molecule has 1 aliphatic rings. The van der Waals surface area contributed by atoms with Crippen LogP contribution in [0.1, 0.15) is 16.8 Å². The molecule has 4 rings (SSSR count). The fourth-order valence-electron chi connectivity index (χ4n) is 2.76. The molecular weight excluding hydrogens is 302 g/mol. The van der Waals surface area contributed by atoms with Crippen molar-refractivity contribution in [2.45, 2.75) is 13.0 Å². The Morgan fingerprint density at radius 1 is 1.26 bits per heavy atom. The Bertz CT molecular complexity index is 805. The monoisotopic (exact) mass is 313 g/mol. The number of pyridine rings is 1. The van der Waals surface area contributed by atoms with E-state index in [1.165, 1.54) is 16.8 Å². The lowest BCUT2D eigenvalue weighted by atomic mass is 10.1. The van der Waals surface area contributed by atoms with Gasteiger partial charge in [-0.25, -0.2) is 4.98 Å². The van der Waals surface area contributed by atoms with Crippen LogP contribution in [0.5, 0.6) is 0 Å². The molecule has 94 valence electrons. The van der Waals surface area contributed by atoms with Crippen LogP contribution in [0.3, 0.4) is 0 Å². The molecule has 2 aromatic heterocycles. The van der Waals surface area contributed by atoms with E-state index in [1.807, 2.05) is 12.1 Å². The zero-order valence-electron chi connectivity index (χ0n) is 10.2. The number of nitrogens with zero attached hydrogens (tertiary/aromatic N) is 2. The fraction of sp³-hybridized carbons (Fsp3) is 0.133. The van der Waals surface area contributed by atoms with Gasteiger partial charge in [0.1, 0.15) is 5.65 Å². The predicted molar refractivity (Wildman–Crippen MR) is 79.0 cm³/mol. The molecule has 2 N–H and O–H groups in total. The summed E-state index contributed by atoms with van der Waals surface area (Å²) in [5.74, 6) is 0. The molecule has 3 nitrogen and oxygen atoms in total. The topological polar surface area (TPSA) is 43.3 Å². The summed E-state index contributed by atoms with van der Waals surface area (Å²) in [5, 5.41) is 0. The van der Waals surface area contributed by atoms with Gasteiger partial charge in [0.15, 0.2) is 0 Å². The molecule has 0 bridgehead atoms. The van der Waals surface area contributed by atoms with Crippen molar-refractivity contribution in [3.63, 3.8) is 0 Å². The van der Waals surface area contributed by atoms with Gasteiger partial charge in [0, 0.05) is 29.2 Å². The van der Waals surface area contributed by atoms with Crippen LogP contribution in [0, 0.1) is 0 Å². The van der Waals surface area contributed by atoms with E-state index in [1.54, 1.807) is 0 Å². The van der Waals surface area contributed by atoms with Gasteiger partial charge < -0.3 is 10.1 Å². The Hall–Kier alpha value is -1.65. The normalized spacial score (nSPS) is 12.7. The van der Waals surface area contributed by atoms with Crippen LogP contribution in [-0.4, -0.2) is 9.38 Å². The fourth-order valence-corrected chi connectivity index (χ4v) is 3.17. The molecule has 0 fully saturated rings. The van der Waals surface area contributed by atoms with Gasteiger partial charge in [0.25, 0.3) is 0 Å². The van der Waals surface area contributed by atoms with E-state index in [9.17, 15) is 0 Å². The summed E-state index contributed by atoms with van der Waals surface area (Å²) >= 11 is 3.53. The van der Waals surface area contributed by atoms with Gasteiger partial charge in [-0.05, 0) is 29.3 Å². The first-order valence-electron chi connectivity index (χ1n) is 6.25. The Kier molecular flexibility index (Phi) is 2.31. The third-order valence-corrected chi connectivity index (χ3v) is 4.19. The maximum atomic E-state index is 5.72. The molecule has 0 amide bonds. The summed E-state index contributed by atoms with van der Waals surface area (Å²) in [6.45, 7) is 0.557. The zero-order chi connectivity index (χ0) is 13.0. The molecule has 0 aliphatic heterocycles. The van der Waals surface area contributed by atoms with E-state index in [0.717, 1.165) is 27.8 Å². The van der Waals surface area contributed by atoms with Crippen LogP contribution in [0.25, 0.3) is 16.9 Å². The summed E-state index contributed by atoms with van der Waals surface area (Å²) in [6.07, 6.45) is 3.03. The number of benzene rings is 1. The molecule has 0 saturated carbocycles. The van der Waals surface area contributed by atoms with Crippen LogP contribution in [0.4, 0.5) is 0 Å². The molecule has 19 heavy (non-hydrogen) atoms. The molecule has 0 unspecified atom stereocenters. The summed E-state index contributed by atoms with van der Waals surface area (Å²) in [7, 11) is 0. The molecule has 1 aliphatic carbocycles. The van der Waals surface area contributed by atoms with Crippen molar-refractivity contribution in [1.29, 1.82) is 0 Å². The first kappa shape index (κ1) is 11.2. The summed E-state index contributed by atoms with van der Waals surface area (Å²) in [6, 6.07) is 10.5. The van der Waals surface area contributed by atoms with Gasteiger partial charge in [-0.15, -0.1) is 0 Å². The van der Waals surface area contributed by atoms with Crippen molar-refractivity contribution in [1.82, 2.24) is 9.38 Å². The summed E-state index contributed by atoms with van der Waals surface area (Å²) < 4.78 is 3.29. The highest BCUT2D eigenvalue weighted by Gasteiger charge is 2.24. The van der Waals surface area contributed by atoms with Crippen LogP contribution in [-0.2, 0) is 13.0 Å². The minimum Gasteiger partial charge on any atom is -0.326 e. The lowest BCUT2D eigenvalue weighted by Gasteiger charge is -2.02. The van der Waals surface area contributed by atoms with Gasteiger partial charge >= 0.3 is 0 Å². The number of hydrogen-bond acceptors (Lipinski definition) is 2. The SMILES string of the molecule is NCc1ccc2nc3c(n2c1)Cc1cc(Br)ccc1-3. The Balaban J connectivity index is 1.99. The smallest absolute Gasteiger partial charge is 0.137 e. The van der Waals surface area contributed by atoms with Gasteiger partial charge in [-0.2, -0.15) is 0 Å². The third-order valence-electron chi connectivity index (χ3n) is 3.69. The summed E-state index contributed by atoms with van der Waals surface area (Å²) in [4.78, 5) is 4.75. The van der Waals surface area contributed by atoms with Crippen molar-refractivity contribution in [3.8, 4) is 11.3 Å². The second kappa shape index (κ2) is 3.92. The number of aromatic nitrogens is 2. The van der Waals surface area contributed by atoms with Crippen molar-refractivity contribution < 1.29 is 0 Å². The summed E-state index contributed by atoms with van der Waals surface area (Å²) in [5.41, 5.74) is 12.8. The minimum absolute atomic E-state index is 0.557. The number of imidazole rings is 1. The molecule has 0 atom stereocenters. The van der Waals surface area contributed by atoms with Crippen molar-refractivity contribution in [2.24, 2.45) is 5.73 Å². The largest absolute Gasteiger partial charge is 0.326 e. The van der Waals surface area contributed by atoms with E-state index in [0.29, 0.717) is 6.54 Å². The van der Waals surface area contributed by atoms with Crippen LogP contribution >= 0.6 is 15.9 Å². The first-order valence-corrected chi connectivity index (χ1v) is 7.04. The van der Waals surface area contributed by atoms with E-state index in [4.69, 9.17) is 10.7 Å². The maximum absolute atomic E-state index is 5.72. The Morgan fingerprint density at radius 2 is 2.16 bits per heavy atom. The van der Waals surface area contributed by atoms with Crippen molar-refractivity contribution in [2.75, 3.05) is 0 Å². The standard InChI is InChI=1S/C15H12BrN3/c16-11-2-3-12-10(5-11)6-13-15(12)18-14-4-1-9(7-17)8-19(13)14/h1-5,8H,6-7,17H2. The van der Waals surface area contributed by atoms with Gasteiger partial charge in [-0.3, -0.25) is 0 Å². The van der Waals surface area contributed by atoms with E-state index >= 15 is 0 Å². The van der Waals surface area contributed by atoms with Crippen LogP contribution in [0.2, 0.25) is 0 Å². The number of nitrogens with two attached hydrogens (primary N) is 1. The molecule has 1 aromatic carbocycles. The highest BCUT2D eigenvalue weighted by Crippen LogP contribution is 2.37. The molecule has 3 aromatic rings. The molecule has 4 heteroatoms. The number of halogens is 1. The van der Waals surface area contributed by atoms with Crippen LogP contribution in [0.15, 0.2) is 41.0 Å². The van der Waals surface area contributed by atoms with Crippen LogP contribution < -0.4 is 5.73 Å². The average Bonchev–Trinajstić information content (AvgIpc) is 2.93. The van der Waals surface area contributed by atoms with Gasteiger partial charge in [0.05, 0.1) is 11.4 Å². The van der Waals surface area contributed by atoms with E-state index in [-0.39, 0.29) is 0 Å². The maximum Gasteiger partial charge on any atom is 0.137 e. The minimum atomic E-state index is 0.557. The Labute approximate surface area is 119 Å². The van der Waals surface area contributed by atoms with E-state index < -0.39 is 0 Å². The number of rotatable bonds is 1. The van der Waals surface area contributed by atoms with Gasteiger partial charge in [-0.1, -0.05) is 28.1 Å². The van der Waals surface area contributed by atoms with E-state index in [2.05, 4.69) is 44.7 Å². The molecular formula is C15H12BrN3. The lowest BCUT2D eigenvalue weighted by Crippen LogP contribution is -1.99. The van der Waals surface area contributed by atoms with Crippen molar-refractivity contribution >= 4 is 21.6 Å². The molecule has 2 heterocycles.